The van der Waals surface area contributed by atoms with E-state index in [0.717, 1.165) is 18.0 Å². The highest BCUT2D eigenvalue weighted by atomic mass is 35.5. The second-order valence-corrected chi connectivity index (χ2v) is 2.69. The lowest BCUT2D eigenvalue weighted by Gasteiger charge is -2.15. The number of hydrazine groups is 1. The van der Waals surface area contributed by atoms with Gasteiger partial charge in [-0.3, -0.25) is 5.01 Å². The zero-order chi connectivity index (χ0) is 8.85. The first-order chi connectivity index (χ1) is 5.04. The first-order valence-corrected chi connectivity index (χ1v) is 3.50. The number of nitrogens with zero attached hydrogens (tertiary/aromatic N) is 2. The highest BCUT2D eigenvalue weighted by Crippen LogP contribution is 1.85. The summed E-state index contributed by atoms with van der Waals surface area (Å²) in [7, 11) is 3.93. The number of hydrogen-bond donors (Lipinski definition) is 2. The number of carbonyl (C=O) groups excluding carboxylic acids is 1. The van der Waals surface area contributed by atoms with Gasteiger partial charge in [-0.15, -0.1) is 24.8 Å². The zero-order valence-electron chi connectivity index (χ0n) is 7.90. The van der Waals surface area contributed by atoms with Crippen molar-refractivity contribution in [2.24, 2.45) is 11.6 Å². The summed E-state index contributed by atoms with van der Waals surface area (Å²) in [5.41, 5.74) is 4.90. The molecular formula is C6H18Cl2N4O. The summed E-state index contributed by atoms with van der Waals surface area (Å²) in [5.74, 6) is 5.24. The SMILES string of the molecule is CN(C)CCCN(N)C(N)=O.Cl.Cl. The number of amides is 2. The molecule has 0 heterocycles. The zero-order valence-corrected chi connectivity index (χ0v) is 9.53. The molecule has 4 N–H and O–H groups in total. The number of halogens is 2. The highest BCUT2D eigenvalue weighted by Gasteiger charge is 2.01. The van der Waals surface area contributed by atoms with Gasteiger partial charge in [-0.1, -0.05) is 0 Å². The van der Waals surface area contributed by atoms with E-state index in [1.54, 1.807) is 0 Å². The normalized spacial score (nSPS) is 8.62. The summed E-state index contributed by atoms with van der Waals surface area (Å²) in [4.78, 5) is 12.4. The maximum Gasteiger partial charge on any atom is 0.328 e. The van der Waals surface area contributed by atoms with E-state index in [-0.39, 0.29) is 24.8 Å². The maximum atomic E-state index is 10.4. The van der Waals surface area contributed by atoms with E-state index in [2.05, 4.69) is 0 Å². The monoisotopic (exact) mass is 232 g/mol. The van der Waals surface area contributed by atoms with Crippen LogP contribution in [0.2, 0.25) is 0 Å². The molecule has 0 aromatic heterocycles. The Labute approximate surface area is 91.2 Å². The van der Waals surface area contributed by atoms with Crippen molar-refractivity contribution < 1.29 is 4.79 Å². The quantitative estimate of drug-likeness (QED) is 0.409. The molecule has 7 heteroatoms. The van der Waals surface area contributed by atoms with E-state index in [1.165, 1.54) is 0 Å². The minimum Gasteiger partial charge on any atom is -0.350 e. The number of hydrogen-bond acceptors (Lipinski definition) is 3. The summed E-state index contributed by atoms with van der Waals surface area (Å²) in [6.07, 6.45) is 0.840. The van der Waals surface area contributed by atoms with Crippen molar-refractivity contribution in [3.63, 3.8) is 0 Å². The van der Waals surface area contributed by atoms with Gasteiger partial charge in [-0.2, -0.15) is 0 Å². The summed E-state index contributed by atoms with van der Waals surface area (Å²) in [6, 6.07) is -0.580. The van der Waals surface area contributed by atoms with Crippen LogP contribution in [-0.4, -0.2) is 43.1 Å². The van der Waals surface area contributed by atoms with Crippen molar-refractivity contribution >= 4 is 30.8 Å². The summed E-state index contributed by atoms with van der Waals surface area (Å²) in [5, 5.41) is 1.02. The van der Waals surface area contributed by atoms with Gasteiger partial charge >= 0.3 is 6.03 Å². The van der Waals surface area contributed by atoms with E-state index in [0.29, 0.717) is 6.54 Å². The van der Waals surface area contributed by atoms with Crippen molar-refractivity contribution in [3.8, 4) is 0 Å². The van der Waals surface area contributed by atoms with Crippen LogP contribution >= 0.6 is 24.8 Å². The number of urea groups is 1. The third kappa shape index (κ3) is 11.8. The second-order valence-electron chi connectivity index (χ2n) is 2.69. The topological polar surface area (TPSA) is 75.6 Å². The molecule has 0 saturated carbocycles. The molecule has 0 aromatic carbocycles. The second kappa shape index (κ2) is 9.85. The van der Waals surface area contributed by atoms with Crippen molar-refractivity contribution in [1.82, 2.24) is 9.91 Å². The van der Waals surface area contributed by atoms with Gasteiger partial charge in [0.1, 0.15) is 0 Å². The first kappa shape index (κ1) is 18.5. The average molecular weight is 233 g/mol. The number of rotatable bonds is 4. The predicted molar refractivity (Wildman–Crippen MR) is 58.1 cm³/mol. The predicted octanol–water partition coefficient (Wildman–Crippen LogP) is 0.0361. The molecule has 0 saturated heterocycles. The van der Waals surface area contributed by atoms with Gasteiger partial charge in [-0.25, -0.2) is 10.6 Å². The fourth-order valence-corrected chi connectivity index (χ4v) is 0.667. The van der Waals surface area contributed by atoms with E-state index >= 15 is 0 Å². The van der Waals surface area contributed by atoms with Crippen molar-refractivity contribution in [2.45, 2.75) is 6.42 Å². The Morgan fingerprint density at radius 1 is 1.23 bits per heavy atom. The molecule has 0 aliphatic heterocycles. The average Bonchev–Trinajstić information content (AvgIpc) is 1.86. The number of nitrogens with two attached hydrogens (primary N) is 2. The van der Waals surface area contributed by atoms with E-state index in [4.69, 9.17) is 11.6 Å². The van der Waals surface area contributed by atoms with Gasteiger partial charge in [0.15, 0.2) is 0 Å². The third-order valence-corrected chi connectivity index (χ3v) is 1.29. The largest absolute Gasteiger partial charge is 0.350 e. The van der Waals surface area contributed by atoms with Gasteiger partial charge in [0, 0.05) is 6.54 Å². The molecule has 0 unspecified atom stereocenters. The van der Waals surface area contributed by atoms with Gasteiger partial charge in [0.05, 0.1) is 0 Å². The standard InChI is InChI=1S/C6H16N4O.2ClH/c1-9(2)4-3-5-10(8)6(7)11;;/h3-5,8H2,1-2H3,(H2,7,11);2*1H. The molecule has 0 aliphatic carbocycles. The lowest BCUT2D eigenvalue weighted by Crippen LogP contribution is -2.42. The van der Waals surface area contributed by atoms with Gasteiger partial charge in [0.25, 0.3) is 0 Å². The molecule has 0 rings (SSSR count). The van der Waals surface area contributed by atoms with Crippen LogP contribution in [-0.2, 0) is 0 Å². The minimum atomic E-state index is -0.580. The summed E-state index contributed by atoms with van der Waals surface area (Å²) in [6.45, 7) is 1.41. The molecular weight excluding hydrogens is 215 g/mol. The molecule has 0 radical (unpaired) electrons. The Kier molecular flexibility index (Phi) is 14.0. The molecule has 0 aliphatic rings. The highest BCUT2D eigenvalue weighted by molar-refractivity contribution is 5.85. The van der Waals surface area contributed by atoms with Crippen molar-refractivity contribution in [2.75, 3.05) is 27.2 Å². The van der Waals surface area contributed by atoms with Crippen LogP contribution < -0.4 is 11.6 Å². The molecule has 5 nitrogen and oxygen atoms in total. The number of carbonyl (C=O) groups is 1. The molecule has 0 spiro atoms. The van der Waals surface area contributed by atoms with Gasteiger partial charge in [0.2, 0.25) is 0 Å². The van der Waals surface area contributed by atoms with E-state index < -0.39 is 6.03 Å². The van der Waals surface area contributed by atoms with E-state index in [9.17, 15) is 4.79 Å². The summed E-state index contributed by atoms with van der Waals surface area (Å²) >= 11 is 0. The molecule has 82 valence electrons. The Morgan fingerprint density at radius 2 is 1.69 bits per heavy atom. The Balaban J connectivity index is -0.000000500. The molecule has 2 amide bonds. The van der Waals surface area contributed by atoms with Crippen LogP contribution in [0.4, 0.5) is 4.79 Å². The smallest absolute Gasteiger partial charge is 0.328 e. The molecule has 0 bridgehead atoms. The van der Waals surface area contributed by atoms with Crippen LogP contribution in [0.3, 0.4) is 0 Å². The van der Waals surface area contributed by atoms with Crippen LogP contribution in [0.5, 0.6) is 0 Å². The molecule has 13 heavy (non-hydrogen) atoms. The molecule has 0 fully saturated rings. The summed E-state index contributed by atoms with van der Waals surface area (Å²) < 4.78 is 0. The lowest BCUT2D eigenvalue weighted by molar-refractivity contribution is 0.205. The van der Waals surface area contributed by atoms with E-state index in [1.807, 2.05) is 19.0 Å². The Bertz CT molecular complexity index is 134. The number of primary amides is 1. The first-order valence-electron chi connectivity index (χ1n) is 3.50. The van der Waals surface area contributed by atoms with Crippen LogP contribution in [0.15, 0.2) is 0 Å². The molecule has 0 aromatic rings. The van der Waals surface area contributed by atoms with Gasteiger partial charge in [-0.05, 0) is 27.1 Å². The Morgan fingerprint density at radius 3 is 2.00 bits per heavy atom. The van der Waals surface area contributed by atoms with Crippen LogP contribution in [0.25, 0.3) is 0 Å². The molecule has 0 atom stereocenters. The fourth-order valence-electron chi connectivity index (χ4n) is 0.667. The lowest BCUT2D eigenvalue weighted by atomic mass is 10.4. The fraction of sp³-hybridized carbons (Fsp3) is 0.833. The minimum absolute atomic E-state index is 0. The van der Waals surface area contributed by atoms with Crippen LogP contribution in [0.1, 0.15) is 6.42 Å². The van der Waals surface area contributed by atoms with Crippen molar-refractivity contribution in [1.29, 1.82) is 0 Å². The maximum absolute atomic E-state index is 10.4. The van der Waals surface area contributed by atoms with Crippen LogP contribution in [0, 0.1) is 0 Å². The third-order valence-electron chi connectivity index (χ3n) is 1.29. The van der Waals surface area contributed by atoms with Gasteiger partial charge < -0.3 is 10.6 Å². The Hall–Kier alpha value is -0.230. The van der Waals surface area contributed by atoms with Crippen molar-refractivity contribution in [3.05, 3.63) is 0 Å².